The first-order valence-electron chi connectivity index (χ1n) is 6.07. The maximum Gasteiger partial charge on any atom is 0.258 e. The maximum atomic E-state index is 13.5. The smallest absolute Gasteiger partial charge is 0.258 e. The van der Waals surface area contributed by atoms with Crippen LogP contribution in [-0.4, -0.2) is 53.9 Å². The molecule has 1 amide bonds. The van der Waals surface area contributed by atoms with Crippen LogP contribution in [0.4, 0.5) is 4.39 Å². The summed E-state index contributed by atoms with van der Waals surface area (Å²) in [5, 5.41) is 0. The highest BCUT2D eigenvalue weighted by Gasteiger charge is 2.34. The van der Waals surface area contributed by atoms with E-state index >= 15 is 0 Å². The van der Waals surface area contributed by atoms with Gasteiger partial charge in [0, 0.05) is 25.3 Å². The average Bonchev–Trinajstić information content (AvgIpc) is 2.71. The standard InChI is InChI=1S/C13H18FN3O/c1-9-7-17(8-11(9)16(2)3)13(18)10-5-4-6-15-12(10)14/h4-6,9,11H,7-8H2,1-3H3. The predicted octanol–water partition coefficient (Wildman–Crippen LogP) is 1.24. The molecule has 1 aliphatic rings. The topological polar surface area (TPSA) is 36.4 Å². The zero-order chi connectivity index (χ0) is 13.3. The summed E-state index contributed by atoms with van der Waals surface area (Å²) in [6.45, 7) is 3.41. The largest absolute Gasteiger partial charge is 0.337 e. The zero-order valence-corrected chi connectivity index (χ0v) is 10.9. The lowest BCUT2D eigenvalue weighted by molar-refractivity contribution is 0.0775. The highest BCUT2D eigenvalue weighted by molar-refractivity contribution is 5.94. The number of halogens is 1. The summed E-state index contributed by atoms with van der Waals surface area (Å²) in [6.07, 6.45) is 1.35. The zero-order valence-electron chi connectivity index (χ0n) is 10.9. The van der Waals surface area contributed by atoms with E-state index in [1.807, 2.05) is 14.1 Å². The summed E-state index contributed by atoms with van der Waals surface area (Å²) in [5.41, 5.74) is 0.0594. The van der Waals surface area contributed by atoms with Gasteiger partial charge in [-0.05, 0) is 32.1 Å². The molecule has 0 aromatic carbocycles. The van der Waals surface area contributed by atoms with Gasteiger partial charge in [-0.3, -0.25) is 4.79 Å². The molecule has 2 unspecified atom stereocenters. The molecule has 98 valence electrons. The third-order valence-corrected chi connectivity index (χ3v) is 3.51. The Morgan fingerprint density at radius 1 is 1.50 bits per heavy atom. The van der Waals surface area contributed by atoms with Crippen molar-refractivity contribution >= 4 is 5.91 Å². The van der Waals surface area contributed by atoms with Crippen molar-refractivity contribution in [2.45, 2.75) is 13.0 Å². The number of likely N-dealkylation sites (N-methyl/N-ethyl adjacent to an activating group) is 1. The Hall–Kier alpha value is -1.49. The minimum atomic E-state index is -0.691. The normalized spacial score (nSPS) is 23.7. The van der Waals surface area contributed by atoms with Gasteiger partial charge in [-0.1, -0.05) is 6.92 Å². The number of carbonyl (C=O) groups excluding carboxylic acids is 1. The van der Waals surface area contributed by atoms with E-state index in [-0.39, 0.29) is 11.5 Å². The first-order valence-corrected chi connectivity index (χ1v) is 6.07. The molecule has 0 aliphatic carbocycles. The first kappa shape index (κ1) is 13.0. The highest BCUT2D eigenvalue weighted by Crippen LogP contribution is 2.22. The number of amides is 1. The third-order valence-electron chi connectivity index (χ3n) is 3.51. The molecule has 5 heteroatoms. The summed E-state index contributed by atoms with van der Waals surface area (Å²) in [6, 6.07) is 3.39. The second-order valence-corrected chi connectivity index (χ2v) is 5.06. The number of nitrogens with zero attached hydrogens (tertiary/aromatic N) is 3. The quantitative estimate of drug-likeness (QED) is 0.742. The van der Waals surface area contributed by atoms with Crippen LogP contribution in [-0.2, 0) is 0 Å². The second-order valence-electron chi connectivity index (χ2n) is 5.06. The van der Waals surface area contributed by atoms with Crippen LogP contribution in [0.1, 0.15) is 17.3 Å². The fourth-order valence-corrected chi connectivity index (χ4v) is 2.50. The van der Waals surface area contributed by atoms with Crippen molar-refractivity contribution in [2.75, 3.05) is 27.2 Å². The third kappa shape index (κ3) is 2.36. The molecule has 0 spiro atoms. The summed E-state index contributed by atoms with van der Waals surface area (Å²) in [5.74, 6) is -0.566. The molecular formula is C13H18FN3O. The molecule has 18 heavy (non-hydrogen) atoms. The van der Waals surface area contributed by atoms with Crippen LogP contribution in [0.3, 0.4) is 0 Å². The number of hydrogen-bond donors (Lipinski definition) is 0. The summed E-state index contributed by atoms with van der Waals surface area (Å²) in [4.78, 5) is 19.5. The Bertz CT molecular complexity index is 450. The average molecular weight is 251 g/mol. The predicted molar refractivity (Wildman–Crippen MR) is 66.7 cm³/mol. The fraction of sp³-hybridized carbons (Fsp3) is 0.538. The van der Waals surface area contributed by atoms with E-state index < -0.39 is 5.95 Å². The Balaban J connectivity index is 2.15. The fourth-order valence-electron chi connectivity index (χ4n) is 2.50. The van der Waals surface area contributed by atoms with Crippen LogP contribution in [0.25, 0.3) is 0 Å². The molecular weight excluding hydrogens is 233 g/mol. The molecule has 2 rings (SSSR count). The van der Waals surface area contributed by atoms with Crippen LogP contribution in [0.15, 0.2) is 18.3 Å². The monoisotopic (exact) mass is 251 g/mol. The highest BCUT2D eigenvalue weighted by atomic mass is 19.1. The van der Waals surface area contributed by atoms with E-state index in [0.29, 0.717) is 25.0 Å². The maximum absolute atomic E-state index is 13.5. The van der Waals surface area contributed by atoms with Crippen molar-refractivity contribution in [3.8, 4) is 0 Å². The number of likely N-dealkylation sites (tertiary alicyclic amines) is 1. The molecule has 0 N–H and O–H groups in total. The molecule has 1 aliphatic heterocycles. The molecule has 0 radical (unpaired) electrons. The van der Waals surface area contributed by atoms with E-state index in [2.05, 4.69) is 16.8 Å². The lowest BCUT2D eigenvalue weighted by atomic mass is 10.1. The molecule has 0 bridgehead atoms. The van der Waals surface area contributed by atoms with Crippen molar-refractivity contribution in [1.29, 1.82) is 0 Å². The number of aromatic nitrogens is 1. The van der Waals surface area contributed by atoms with Gasteiger partial charge < -0.3 is 9.80 Å². The molecule has 1 aromatic rings. The van der Waals surface area contributed by atoms with Crippen molar-refractivity contribution in [3.63, 3.8) is 0 Å². The van der Waals surface area contributed by atoms with E-state index in [4.69, 9.17) is 0 Å². The van der Waals surface area contributed by atoms with Gasteiger partial charge in [0.1, 0.15) is 0 Å². The summed E-state index contributed by atoms with van der Waals surface area (Å²) < 4.78 is 13.5. The second kappa shape index (κ2) is 5.02. The van der Waals surface area contributed by atoms with Gasteiger partial charge in [0.05, 0.1) is 5.56 Å². The van der Waals surface area contributed by atoms with Crippen LogP contribution in [0, 0.1) is 11.9 Å². The van der Waals surface area contributed by atoms with Crippen molar-refractivity contribution in [3.05, 3.63) is 29.8 Å². The van der Waals surface area contributed by atoms with E-state index in [1.165, 1.54) is 12.3 Å². The number of hydrogen-bond acceptors (Lipinski definition) is 3. The SMILES string of the molecule is CC1CN(C(=O)c2cccnc2F)CC1N(C)C. The minimum absolute atomic E-state index is 0.0594. The van der Waals surface area contributed by atoms with Gasteiger partial charge in [-0.2, -0.15) is 4.39 Å². The number of rotatable bonds is 2. The Morgan fingerprint density at radius 2 is 2.22 bits per heavy atom. The lowest BCUT2D eigenvalue weighted by Gasteiger charge is -2.22. The molecule has 0 saturated carbocycles. The molecule has 1 saturated heterocycles. The molecule has 1 aromatic heterocycles. The minimum Gasteiger partial charge on any atom is -0.337 e. The van der Waals surface area contributed by atoms with Gasteiger partial charge in [-0.25, -0.2) is 4.98 Å². The van der Waals surface area contributed by atoms with Gasteiger partial charge >= 0.3 is 0 Å². The molecule has 1 fully saturated rings. The Labute approximate surface area is 106 Å². The molecule has 2 heterocycles. The van der Waals surface area contributed by atoms with Gasteiger partial charge in [0.2, 0.25) is 5.95 Å². The summed E-state index contributed by atoms with van der Waals surface area (Å²) >= 11 is 0. The lowest BCUT2D eigenvalue weighted by Crippen LogP contribution is -2.36. The summed E-state index contributed by atoms with van der Waals surface area (Å²) in [7, 11) is 4.00. The van der Waals surface area contributed by atoms with Crippen LogP contribution >= 0.6 is 0 Å². The molecule has 2 atom stereocenters. The van der Waals surface area contributed by atoms with E-state index in [9.17, 15) is 9.18 Å². The van der Waals surface area contributed by atoms with Crippen molar-refractivity contribution < 1.29 is 9.18 Å². The van der Waals surface area contributed by atoms with Crippen LogP contribution in [0.2, 0.25) is 0 Å². The first-order chi connectivity index (χ1) is 8.50. The Kier molecular flexibility index (Phi) is 3.61. The van der Waals surface area contributed by atoms with Crippen LogP contribution in [0.5, 0.6) is 0 Å². The van der Waals surface area contributed by atoms with E-state index in [0.717, 1.165) is 0 Å². The number of pyridine rings is 1. The van der Waals surface area contributed by atoms with Gasteiger partial charge in [0.15, 0.2) is 0 Å². The Morgan fingerprint density at radius 3 is 2.78 bits per heavy atom. The van der Waals surface area contributed by atoms with Gasteiger partial charge in [0.25, 0.3) is 5.91 Å². The molecule has 4 nitrogen and oxygen atoms in total. The van der Waals surface area contributed by atoms with Crippen molar-refractivity contribution in [2.24, 2.45) is 5.92 Å². The van der Waals surface area contributed by atoms with Gasteiger partial charge in [-0.15, -0.1) is 0 Å². The van der Waals surface area contributed by atoms with Crippen LogP contribution < -0.4 is 0 Å². The number of carbonyl (C=O) groups is 1. The van der Waals surface area contributed by atoms with Crippen molar-refractivity contribution in [1.82, 2.24) is 14.8 Å². The van der Waals surface area contributed by atoms with E-state index in [1.54, 1.807) is 11.0 Å².